The number of nitrogens with zero attached hydrogens (tertiary/aromatic N) is 1. The van der Waals surface area contributed by atoms with Gasteiger partial charge in [0.15, 0.2) is 11.7 Å². The predicted octanol–water partition coefficient (Wildman–Crippen LogP) is 5.61. The number of nitrogens with two attached hydrogens (primary N) is 1. The molecule has 0 spiro atoms. The fourth-order valence-electron chi connectivity index (χ4n) is 4.13. The van der Waals surface area contributed by atoms with E-state index in [1.807, 2.05) is 19.9 Å². The third kappa shape index (κ3) is 26.5. The zero-order valence-corrected chi connectivity index (χ0v) is 31.6. The largest absolute Gasteiger partial charge is 0.394 e. The minimum atomic E-state index is -1.10. The Morgan fingerprint density at radius 1 is 0.878 bits per heavy atom. The highest BCUT2D eigenvalue weighted by Gasteiger charge is 2.38. The van der Waals surface area contributed by atoms with Crippen molar-refractivity contribution in [2.24, 2.45) is 11.7 Å². The summed E-state index contributed by atoms with van der Waals surface area (Å²) < 4.78 is -0.677. The molecule has 0 radical (unpaired) electrons. The Balaban J connectivity index is 4.35. The maximum Gasteiger partial charge on any atom is 0.225 e. The number of carbonyl (C=O) groups excluding carboxylic acids is 3. The van der Waals surface area contributed by atoms with Crippen LogP contribution in [0.25, 0.3) is 0 Å². The molecule has 2 atom stereocenters. The summed E-state index contributed by atoms with van der Waals surface area (Å²) in [5, 5.41) is 31.7. The molecular formula is C37H61N5O5S2. The molecule has 0 bridgehead atoms. The number of ketones is 1. The van der Waals surface area contributed by atoms with Crippen LogP contribution in [-0.2, 0) is 14.4 Å². The van der Waals surface area contributed by atoms with Gasteiger partial charge in [0.05, 0.1) is 25.2 Å². The number of guanidine groups is 1. The molecule has 0 aliphatic carbocycles. The van der Waals surface area contributed by atoms with E-state index in [1.54, 1.807) is 0 Å². The van der Waals surface area contributed by atoms with Gasteiger partial charge in [-0.1, -0.05) is 101 Å². The molecule has 0 saturated carbocycles. The number of carbonyl (C=O) groups is 3. The van der Waals surface area contributed by atoms with Crippen molar-refractivity contribution in [3.63, 3.8) is 0 Å². The molecule has 0 heterocycles. The van der Waals surface area contributed by atoms with Gasteiger partial charge >= 0.3 is 0 Å². The maximum absolute atomic E-state index is 13.0. The van der Waals surface area contributed by atoms with E-state index in [9.17, 15) is 19.5 Å². The van der Waals surface area contributed by atoms with E-state index in [1.165, 1.54) is 33.5 Å². The average Bonchev–Trinajstić information content (AvgIpc) is 3.06. The molecule has 0 fully saturated rings. The quantitative estimate of drug-likeness (QED) is 0.0198. The number of allylic oxidation sites excluding steroid dienone is 12. The standard InChI is InChI=1S/C37H61N5O5S2/c1-5-6-7-8-9-10-11-12-13-14-15-16-17-18-19-20-21-22-23-24-34(46)40-25-26-48-49-37(2,3)33(35(47)41-28-32(45)30-43)27-31(44)29-42(4)36(38)39/h6-7,9-10,12-13,15-16,18-19,21-22,32-33,43,45H,5,8,11,14,17,20,23-30H2,1-4H3,(H3,38,39)(H,40,46)(H,41,47)/b7-6-,10-9-,13-12-,16-15-,19-18-,22-21-/t32-,33-/m1/s1. The van der Waals surface area contributed by atoms with E-state index in [0.29, 0.717) is 25.1 Å². The van der Waals surface area contributed by atoms with Crippen LogP contribution in [0.3, 0.4) is 0 Å². The van der Waals surface area contributed by atoms with E-state index in [2.05, 4.69) is 84.4 Å². The van der Waals surface area contributed by atoms with Crippen molar-refractivity contribution >= 4 is 45.1 Å². The topological polar surface area (TPSA) is 169 Å². The van der Waals surface area contributed by atoms with E-state index in [-0.39, 0.29) is 37.2 Å². The highest BCUT2D eigenvalue weighted by Crippen LogP contribution is 2.42. The summed E-state index contributed by atoms with van der Waals surface area (Å²) in [5.41, 5.74) is 5.44. The average molecular weight is 720 g/mol. The van der Waals surface area contributed by atoms with Crippen molar-refractivity contribution in [3.8, 4) is 0 Å². The van der Waals surface area contributed by atoms with Gasteiger partial charge in [0.25, 0.3) is 0 Å². The van der Waals surface area contributed by atoms with Crippen LogP contribution >= 0.6 is 21.6 Å². The fraction of sp³-hybridized carbons (Fsp3) is 0.568. The van der Waals surface area contributed by atoms with Crippen molar-refractivity contribution in [1.29, 1.82) is 5.41 Å². The van der Waals surface area contributed by atoms with Crippen LogP contribution in [0.4, 0.5) is 0 Å². The third-order valence-corrected chi connectivity index (χ3v) is 10.4. The van der Waals surface area contributed by atoms with E-state index in [4.69, 9.17) is 16.2 Å². The Hall–Kier alpha value is -3.06. The number of hydrogen-bond donors (Lipinski definition) is 6. The Labute approximate surface area is 302 Å². The summed E-state index contributed by atoms with van der Waals surface area (Å²) in [7, 11) is 4.47. The second kappa shape index (κ2) is 29.8. The number of aliphatic hydroxyl groups excluding tert-OH is 2. The van der Waals surface area contributed by atoms with Gasteiger partial charge in [0.1, 0.15) is 0 Å². The van der Waals surface area contributed by atoms with Crippen molar-refractivity contribution in [2.75, 3.05) is 39.0 Å². The van der Waals surface area contributed by atoms with Crippen LogP contribution in [0.5, 0.6) is 0 Å². The molecular weight excluding hydrogens is 659 g/mol. The van der Waals surface area contributed by atoms with E-state index >= 15 is 0 Å². The maximum atomic E-state index is 13.0. The van der Waals surface area contributed by atoms with Crippen LogP contribution in [0.2, 0.25) is 0 Å². The van der Waals surface area contributed by atoms with Crippen LogP contribution in [0.1, 0.15) is 78.6 Å². The molecule has 7 N–H and O–H groups in total. The molecule has 0 aromatic heterocycles. The Morgan fingerprint density at radius 3 is 1.88 bits per heavy atom. The molecule has 0 saturated heterocycles. The number of aliphatic hydroxyl groups is 2. The molecule has 0 aromatic carbocycles. The van der Waals surface area contributed by atoms with Crippen molar-refractivity contribution in [2.45, 2.75) is 89.4 Å². The summed E-state index contributed by atoms with van der Waals surface area (Å²) in [6.45, 7) is 5.62. The summed E-state index contributed by atoms with van der Waals surface area (Å²) in [5.74, 6) is -1.06. The Bertz CT molecular complexity index is 1130. The summed E-state index contributed by atoms with van der Waals surface area (Å²) in [6.07, 6.45) is 31.5. The van der Waals surface area contributed by atoms with Gasteiger partial charge in [-0.25, -0.2) is 0 Å². The number of hydrogen-bond acceptors (Lipinski definition) is 8. The lowest BCUT2D eigenvalue weighted by Crippen LogP contribution is -2.46. The first-order chi connectivity index (χ1) is 23.4. The monoisotopic (exact) mass is 719 g/mol. The van der Waals surface area contributed by atoms with Crippen LogP contribution in [0.15, 0.2) is 72.9 Å². The normalized spacial score (nSPS) is 13.8. The first-order valence-electron chi connectivity index (χ1n) is 17.0. The fourth-order valence-corrected chi connectivity index (χ4v) is 6.77. The van der Waals surface area contributed by atoms with E-state index in [0.717, 1.165) is 38.5 Å². The van der Waals surface area contributed by atoms with Gasteiger partial charge in [0, 0.05) is 43.5 Å². The second-order valence-electron chi connectivity index (χ2n) is 11.9. The minimum absolute atomic E-state index is 0.0238. The lowest BCUT2D eigenvalue weighted by Gasteiger charge is -2.32. The molecule has 276 valence electrons. The van der Waals surface area contributed by atoms with Crippen LogP contribution < -0.4 is 16.4 Å². The molecule has 0 aliphatic heterocycles. The van der Waals surface area contributed by atoms with Crippen molar-refractivity contribution < 1.29 is 24.6 Å². The summed E-state index contributed by atoms with van der Waals surface area (Å²) >= 11 is 0. The number of amides is 2. The van der Waals surface area contributed by atoms with Gasteiger partial charge in [-0.2, -0.15) is 0 Å². The van der Waals surface area contributed by atoms with Gasteiger partial charge in [-0.15, -0.1) is 0 Å². The first kappa shape index (κ1) is 45.9. The molecule has 0 aliphatic rings. The van der Waals surface area contributed by atoms with Gasteiger partial charge < -0.3 is 31.5 Å². The molecule has 2 amide bonds. The predicted molar refractivity (Wildman–Crippen MR) is 208 cm³/mol. The molecule has 10 nitrogen and oxygen atoms in total. The number of Topliss-reactive ketones (excluding diaryl/α,β-unsaturated/α-hetero) is 1. The highest BCUT2D eigenvalue weighted by atomic mass is 33.1. The third-order valence-electron chi connectivity index (χ3n) is 7.05. The number of rotatable bonds is 28. The Morgan fingerprint density at radius 2 is 1.39 bits per heavy atom. The SMILES string of the molecule is CC/C=C\C/C=C\C/C=C\C/C=C\C/C=C\C/C=C\CCC(=O)NCCSSC(C)(C)[C@H](CC(=O)CN(C)C(=N)N)C(=O)NC[C@@H](O)CO. The minimum Gasteiger partial charge on any atom is -0.394 e. The summed E-state index contributed by atoms with van der Waals surface area (Å²) in [6, 6.07) is 0. The highest BCUT2D eigenvalue weighted by molar-refractivity contribution is 8.77. The lowest BCUT2D eigenvalue weighted by molar-refractivity contribution is -0.130. The van der Waals surface area contributed by atoms with Crippen LogP contribution in [-0.4, -0.2) is 88.6 Å². The number of likely N-dealkylation sites (N-methyl/N-ethyl adjacent to an activating group) is 1. The van der Waals surface area contributed by atoms with Crippen molar-refractivity contribution in [3.05, 3.63) is 72.9 Å². The number of nitrogens with one attached hydrogen (secondary N) is 3. The summed E-state index contributed by atoms with van der Waals surface area (Å²) in [4.78, 5) is 39.3. The molecule has 49 heavy (non-hydrogen) atoms. The molecule has 0 aromatic rings. The van der Waals surface area contributed by atoms with Gasteiger partial charge in [0.2, 0.25) is 11.8 Å². The molecule has 0 unspecified atom stereocenters. The zero-order chi connectivity index (χ0) is 36.8. The molecule has 0 rings (SSSR count). The van der Waals surface area contributed by atoms with Gasteiger partial charge in [-0.3, -0.25) is 19.8 Å². The Kier molecular flexibility index (Phi) is 28.0. The van der Waals surface area contributed by atoms with Gasteiger partial charge in [-0.05, 0) is 58.8 Å². The zero-order valence-electron chi connectivity index (χ0n) is 29.9. The second-order valence-corrected chi connectivity index (χ2v) is 15.0. The lowest BCUT2D eigenvalue weighted by atomic mass is 9.88. The first-order valence-corrected chi connectivity index (χ1v) is 19.4. The van der Waals surface area contributed by atoms with Crippen molar-refractivity contribution in [1.82, 2.24) is 15.5 Å². The molecule has 12 heteroatoms. The van der Waals surface area contributed by atoms with E-state index < -0.39 is 29.3 Å². The smallest absolute Gasteiger partial charge is 0.225 e. The van der Waals surface area contributed by atoms with Crippen LogP contribution in [0, 0.1) is 11.3 Å².